The van der Waals surface area contributed by atoms with Crippen LogP contribution in [0.2, 0.25) is 5.02 Å². The molecule has 0 radical (unpaired) electrons. The molecule has 1 aromatic heterocycles. The van der Waals surface area contributed by atoms with Gasteiger partial charge in [0.05, 0.1) is 5.92 Å². The maximum atomic E-state index is 12.8. The van der Waals surface area contributed by atoms with E-state index in [0.29, 0.717) is 36.0 Å². The number of carboxylic acid groups (broad SMARTS) is 1. The minimum atomic E-state index is -0.842. The Morgan fingerprint density at radius 2 is 1.96 bits per heavy atom. The normalized spacial score (nSPS) is 21.2. The number of rotatable bonds is 5. The smallest absolute Gasteiger partial charge is 0.306 e. The van der Waals surface area contributed by atoms with Gasteiger partial charge in [-0.2, -0.15) is 4.98 Å². The van der Waals surface area contributed by atoms with Gasteiger partial charge >= 0.3 is 5.97 Å². The fraction of sp³-hybridized carbons (Fsp3) is 0.444. The summed E-state index contributed by atoms with van der Waals surface area (Å²) in [5, 5.41) is 16.7. The van der Waals surface area contributed by atoms with Crippen LogP contribution in [0.4, 0.5) is 0 Å². The van der Waals surface area contributed by atoms with Gasteiger partial charge in [0.2, 0.25) is 11.8 Å². The number of benzene rings is 1. The Bertz CT molecular complexity index is 790. The molecule has 26 heavy (non-hydrogen) atoms. The molecule has 1 aliphatic carbocycles. The first-order valence-corrected chi connectivity index (χ1v) is 8.90. The van der Waals surface area contributed by atoms with E-state index in [-0.39, 0.29) is 11.8 Å². The van der Waals surface area contributed by atoms with Crippen molar-refractivity contribution in [2.75, 3.05) is 0 Å². The lowest BCUT2D eigenvalue weighted by molar-refractivity contribution is -0.144. The summed E-state index contributed by atoms with van der Waals surface area (Å²) in [4.78, 5) is 28.3. The minimum absolute atomic E-state index is 0.196. The van der Waals surface area contributed by atoms with Crippen molar-refractivity contribution in [2.24, 2.45) is 11.8 Å². The first-order valence-electron chi connectivity index (χ1n) is 8.53. The van der Waals surface area contributed by atoms with Crippen LogP contribution in [0, 0.1) is 18.8 Å². The van der Waals surface area contributed by atoms with E-state index in [1.165, 1.54) is 0 Å². The number of hydrogen-bond donors (Lipinski definition) is 2. The number of aliphatic carboxylic acids is 1. The van der Waals surface area contributed by atoms with Crippen LogP contribution < -0.4 is 5.32 Å². The van der Waals surface area contributed by atoms with Crippen LogP contribution in [0.5, 0.6) is 0 Å². The van der Waals surface area contributed by atoms with E-state index in [0.717, 1.165) is 12.0 Å². The van der Waals surface area contributed by atoms with Gasteiger partial charge in [-0.15, -0.1) is 0 Å². The number of nitrogens with zero attached hydrogens (tertiary/aromatic N) is 2. The molecule has 0 spiro atoms. The Morgan fingerprint density at radius 1 is 1.27 bits per heavy atom. The van der Waals surface area contributed by atoms with Crippen LogP contribution in [0.15, 0.2) is 28.8 Å². The van der Waals surface area contributed by atoms with Gasteiger partial charge in [0.1, 0.15) is 6.04 Å². The number of nitrogens with one attached hydrogen (secondary N) is 1. The van der Waals surface area contributed by atoms with E-state index in [4.69, 9.17) is 16.1 Å². The van der Waals surface area contributed by atoms with Gasteiger partial charge in [-0.1, -0.05) is 35.3 Å². The summed E-state index contributed by atoms with van der Waals surface area (Å²) >= 11 is 5.95. The lowest BCUT2D eigenvalue weighted by atomic mass is 9.81. The molecule has 8 heteroatoms. The highest BCUT2D eigenvalue weighted by molar-refractivity contribution is 6.30. The molecule has 7 nitrogen and oxygen atoms in total. The van der Waals surface area contributed by atoms with Gasteiger partial charge in [0.15, 0.2) is 5.82 Å². The lowest BCUT2D eigenvalue weighted by Gasteiger charge is -2.27. The predicted octanol–water partition coefficient (Wildman–Crippen LogP) is 3.13. The zero-order valence-corrected chi connectivity index (χ0v) is 15.1. The number of halogens is 1. The Kier molecular flexibility index (Phi) is 5.56. The SMILES string of the molecule is Cc1nc(C(NC(=O)C2CCCC(C(=O)O)C2)c2ccc(Cl)cc2)no1. The number of aromatic nitrogens is 2. The highest BCUT2D eigenvalue weighted by Crippen LogP contribution is 2.30. The second-order valence-corrected chi connectivity index (χ2v) is 7.00. The monoisotopic (exact) mass is 377 g/mol. The summed E-state index contributed by atoms with van der Waals surface area (Å²) in [5.74, 6) is -1.10. The standard InChI is InChI=1S/C18H20ClN3O4/c1-10-20-16(22-26-10)15(11-5-7-14(19)8-6-11)21-17(23)12-3-2-4-13(9-12)18(24)25/h5-8,12-13,15H,2-4,9H2,1H3,(H,21,23)(H,24,25). The summed E-state index contributed by atoms with van der Waals surface area (Å²) in [5.41, 5.74) is 0.772. The number of carbonyl (C=O) groups is 2. The molecule has 2 aromatic rings. The maximum absolute atomic E-state index is 12.8. The molecule has 3 rings (SSSR count). The first-order chi connectivity index (χ1) is 12.4. The third-order valence-electron chi connectivity index (χ3n) is 4.69. The number of carbonyl (C=O) groups excluding carboxylic acids is 1. The summed E-state index contributed by atoms with van der Waals surface area (Å²) in [7, 11) is 0. The minimum Gasteiger partial charge on any atom is -0.481 e. The molecule has 2 N–H and O–H groups in total. The zero-order valence-electron chi connectivity index (χ0n) is 14.3. The molecule has 138 valence electrons. The molecule has 0 saturated heterocycles. The van der Waals surface area contributed by atoms with E-state index < -0.39 is 17.9 Å². The van der Waals surface area contributed by atoms with Crippen molar-refractivity contribution in [3.05, 3.63) is 46.6 Å². The molecule has 0 aliphatic heterocycles. The Hall–Kier alpha value is -2.41. The van der Waals surface area contributed by atoms with Gasteiger partial charge < -0.3 is 14.9 Å². The number of amides is 1. The highest BCUT2D eigenvalue weighted by atomic mass is 35.5. The van der Waals surface area contributed by atoms with Crippen molar-refractivity contribution >= 4 is 23.5 Å². The van der Waals surface area contributed by atoms with Crippen molar-refractivity contribution in [1.82, 2.24) is 15.5 Å². The van der Waals surface area contributed by atoms with Crippen molar-refractivity contribution in [3.8, 4) is 0 Å². The summed E-state index contributed by atoms with van der Waals surface area (Å²) in [6.45, 7) is 1.68. The average molecular weight is 378 g/mol. The van der Waals surface area contributed by atoms with Crippen molar-refractivity contribution in [3.63, 3.8) is 0 Å². The molecule has 1 aromatic carbocycles. The van der Waals surface area contributed by atoms with Crippen molar-refractivity contribution in [1.29, 1.82) is 0 Å². The van der Waals surface area contributed by atoms with Gasteiger partial charge in [0, 0.05) is 17.9 Å². The van der Waals surface area contributed by atoms with Gasteiger partial charge in [-0.3, -0.25) is 9.59 Å². The molecular weight excluding hydrogens is 358 g/mol. The van der Waals surface area contributed by atoms with E-state index in [1.807, 2.05) is 0 Å². The average Bonchev–Trinajstić information content (AvgIpc) is 3.06. The molecular formula is C18H20ClN3O4. The second kappa shape index (κ2) is 7.86. The van der Waals surface area contributed by atoms with E-state index in [9.17, 15) is 14.7 Å². The summed E-state index contributed by atoms with van der Waals surface area (Å²) in [6.07, 6.45) is 2.36. The number of aryl methyl sites for hydroxylation is 1. The third-order valence-corrected chi connectivity index (χ3v) is 4.94. The predicted molar refractivity (Wildman–Crippen MR) is 93.6 cm³/mol. The van der Waals surface area contributed by atoms with Crippen LogP contribution in [-0.2, 0) is 9.59 Å². The van der Waals surface area contributed by atoms with Crippen LogP contribution in [0.3, 0.4) is 0 Å². The van der Waals surface area contributed by atoms with Crippen molar-refractivity contribution in [2.45, 2.75) is 38.6 Å². The summed E-state index contributed by atoms with van der Waals surface area (Å²) in [6, 6.07) is 6.45. The van der Waals surface area contributed by atoms with Gasteiger partial charge in [-0.25, -0.2) is 0 Å². The largest absolute Gasteiger partial charge is 0.481 e. The van der Waals surface area contributed by atoms with Crippen LogP contribution in [-0.4, -0.2) is 27.1 Å². The highest BCUT2D eigenvalue weighted by Gasteiger charge is 2.33. The van der Waals surface area contributed by atoms with Crippen LogP contribution in [0.25, 0.3) is 0 Å². The fourth-order valence-electron chi connectivity index (χ4n) is 3.30. The molecule has 1 saturated carbocycles. The molecule has 3 atom stereocenters. The van der Waals surface area contributed by atoms with Gasteiger partial charge in [0.25, 0.3) is 0 Å². The van der Waals surface area contributed by atoms with Crippen LogP contribution >= 0.6 is 11.6 Å². The molecule has 0 bridgehead atoms. The fourth-order valence-corrected chi connectivity index (χ4v) is 3.42. The number of carboxylic acids is 1. The van der Waals surface area contributed by atoms with Crippen molar-refractivity contribution < 1.29 is 19.2 Å². The quantitative estimate of drug-likeness (QED) is 0.829. The molecule has 1 fully saturated rings. The molecule has 1 aliphatic rings. The molecule has 3 unspecified atom stereocenters. The van der Waals surface area contributed by atoms with Crippen LogP contribution in [0.1, 0.15) is 49.0 Å². The Morgan fingerprint density at radius 3 is 2.58 bits per heavy atom. The van der Waals surface area contributed by atoms with E-state index in [2.05, 4.69) is 15.5 Å². The van der Waals surface area contributed by atoms with Gasteiger partial charge in [-0.05, 0) is 37.0 Å². The second-order valence-electron chi connectivity index (χ2n) is 6.56. The Labute approximate surface area is 155 Å². The topological polar surface area (TPSA) is 105 Å². The Balaban J connectivity index is 1.80. The first kappa shape index (κ1) is 18.4. The van der Waals surface area contributed by atoms with E-state index >= 15 is 0 Å². The maximum Gasteiger partial charge on any atom is 0.306 e. The zero-order chi connectivity index (χ0) is 18.7. The molecule has 1 heterocycles. The molecule has 1 amide bonds. The third kappa shape index (κ3) is 4.22. The van der Waals surface area contributed by atoms with E-state index in [1.54, 1.807) is 31.2 Å². The lowest BCUT2D eigenvalue weighted by Crippen LogP contribution is -2.38. The number of hydrogen-bond acceptors (Lipinski definition) is 5. The summed E-state index contributed by atoms with van der Waals surface area (Å²) < 4.78 is 5.05.